The zero-order chi connectivity index (χ0) is 21.1. The van der Waals surface area contributed by atoms with Crippen molar-refractivity contribution in [2.75, 3.05) is 33.4 Å². The average molecular weight is 419 g/mol. The second kappa shape index (κ2) is 12.4. The molecule has 0 spiro atoms. The normalized spacial score (nSPS) is 11.7. The molecule has 2 aromatic rings. The van der Waals surface area contributed by atoms with Crippen molar-refractivity contribution in [1.82, 2.24) is 15.6 Å². The van der Waals surface area contributed by atoms with Gasteiger partial charge in [-0.3, -0.25) is 0 Å². The molecule has 29 heavy (non-hydrogen) atoms. The first kappa shape index (κ1) is 23.2. The minimum Gasteiger partial charge on any atom is -0.491 e. The van der Waals surface area contributed by atoms with Gasteiger partial charge < -0.3 is 20.1 Å². The van der Waals surface area contributed by atoms with E-state index in [4.69, 9.17) is 19.5 Å². The van der Waals surface area contributed by atoms with Gasteiger partial charge in [-0.2, -0.15) is 0 Å². The summed E-state index contributed by atoms with van der Waals surface area (Å²) in [4.78, 5) is 9.43. The Balaban J connectivity index is 1.95. The lowest BCUT2D eigenvalue weighted by molar-refractivity contribution is 0.145. The summed E-state index contributed by atoms with van der Waals surface area (Å²) in [5, 5.41) is 10.1. The van der Waals surface area contributed by atoms with E-state index < -0.39 is 0 Å². The molecule has 6 nitrogen and oxygen atoms in total. The lowest BCUT2D eigenvalue weighted by atomic mass is 10.1. The van der Waals surface area contributed by atoms with Crippen LogP contribution in [0.2, 0.25) is 0 Å². The highest BCUT2D eigenvalue weighted by atomic mass is 32.1. The van der Waals surface area contributed by atoms with E-state index in [9.17, 15) is 0 Å². The maximum atomic E-state index is 5.87. The van der Waals surface area contributed by atoms with Crippen LogP contribution in [0.15, 0.2) is 28.6 Å². The van der Waals surface area contributed by atoms with Gasteiger partial charge in [0.05, 0.1) is 23.9 Å². The number of benzene rings is 1. The van der Waals surface area contributed by atoms with Gasteiger partial charge in [-0.05, 0) is 25.5 Å². The first-order valence-electron chi connectivity index (χ1n) is 10.2. The third kappa shape index (κ3) is 8.03. The van der Waals surface area contributed by atoms with Crippen molar-refractivity contribution in [1.29, 1.82) is 0 Å². The van der Waals surface area contributed by atoms with Crippen molar-refractivity contribution < 1.29 is 9.47 Å². The second-order valence-corrected chi connectivity index (χ2v) is 8.05. The fourth-order valence-electron chi connectivity index (χ4n) is 2.68. The van der Waals surface area contributed by atoms with Crippen LogP contribution < -0.4 is 15.4 Å². The van der Waals surface area contributed by atoms with Crippen LogP contribution >= 0.6 is 11.3 Å². The van der Waals surface area contributed by atoms with Crippen LogP contribution in [0.25, 0.3) is 0 Å². The number of aliphatic imine (C=N–C) groups is 1. The number of nitrogens with zero attached hydrogens (tertiary/aromatic N) is 2. The monoisotopic (exact) mass is 418 g/mol. The van der Waals surface area contributed by atoms with Gasteiger partial charge in [0.15, 0.2) is 5.96 Å². The standard InChI is InChI=1S/C22H34N4O2S/c1-6-23-22(24-10-9-19-15-29-21(26-19)16(2)3)25-14-18-8-7-17(4)13-20(18)28-12-11-27-5/h7-8,13,15-16H,6,9-12,14H2,1-5H3,(H2,23,24,25). The largest absolute Gasteiger partial charge is 0.491 e. The van der Waals surface area contributed by atoms with Crippen LogP contribution in [0, 0.1) is 6.92 Å². The Bertz CT molecular complexity index is 774. The molecule has 1 heterocycles. The van der Waals surface area contributed by atoms with Gasteiger partial charge in [0.25, 0.3) is 0 Å². The van der Waals surface area contributed by atoms with E-state index in [1.54, 1.807) is 18.4 Å². The third-order valence-corrected chi connectivity index (χ3v) is 5.45. The molecule has 0 unspecified atom stereocenters. The smallest absolute Gasteiger partial charge is 0.191 e. The topological polar surface area (TPSA) is 67.8 Å². The number of hydrogen-bond donors (Lipinski definition) is 2. The van der Waals surface area contributed by atoms with Gasteiger partial charge in [-0.15, -0.1) is 11.3 Å². The molecule has 0 aliphatic carbocycles. The van der Waals surface area contributed by atoms with Crippen molar-refractivity contribution in [3.05, 3.63) is 45.4 Å². The number of aromatic nitrogens is 1. The SMILES string of the molecule is CCNC(=NCc1ccc(C)cc1OCCOC)NCCc1csc(C(C)C)n1. The summed E-state index contributed by atoms with van der Waals surface area (Å²) in [6, 6.07) is 6.21. The van der Waals surface area contributed by atoms with E-state index in [1.807, 2.05) is 0 Å². The number of aryl methyl sites for hydroxylation is 1. The Morgan fingerprint density at radius 1 is 1.24 bits per heavy atom. The summed E-state index contributed by atoms with van der Waals surface area (Å²) in [5.41, 5.74) is 3.36. The Morgan fingerprint density at radius 2 is 2.07 bits per heavy atom. The van der Waals surface area contributed by atoms with Crippen LogP contribution in [-0.2, 0) is 17.7 Å². The van der Waals surface area contributed by atoms with Gasteiger partial charge in [-0.1, -0.05) is 26.0 Å². The van der Waals surface area contributed by atoms with Gasteiger partial charge in [-0.25, -0.2) is 9.98 Å². The number of methoxy groups -OCH3 is 1. The quantitative estimate of drug-likeness (QED) is 0.329. The number of guanidine groups is 1. The van der Waals surface area contributed by atoms with Crippen LogP contribution in [0.4, 0.5) is 0 Å². The van der Waals surface area contributed by atoms with Crippen LogP contribution in [0.5, 0.6) is 5.75 Å². The molecule has 0 radical (unpaired) electrons. The van der Waals surface area contributed by atoms with Crippen LogP contribution in [0.3, 0.4) is 0 Å². The highest BCUT2D eigenvalue weighted by Crippen LogP contribution is 2.21. The molecule has 0 amide bonds. The first-order chi connectivity index (χ1) is 14.0. The second-order valence-electron chi connectivity index (χ2n) is 7.16. The zero-order valence-corrected chi connectivity index (χ0v) is 19.1. The van der Waals surface area contributed by atoms with E-state index in [-0.39, 0.29) is 0 Å². The van der Waals surface area contributed by atoms with E-state index >= 15 is 0 Å². The maximum absolute atomic E-state index is 5.87. The number of ether oxygens (including phenoxy) is 2. The van der Waals surface area contributed by atoms with Gasteiger partial charge >= 0.3 is 0 Å². The third-order valence-electron chi connectivity index (χ3n) is 4.26. The Morgan fingerprint density at radius 3 is 2.76 bits per heavy atom. The summed E-state index contributed by atoms with van der Waals surface area (Å²) in [5.74, 6) is 2.15. The van der Waals surface area contributed by atoms with Crippen LogP contribution in [0.1, 0.15) is 48.5 Å². The van der Waals surface area contributed by atoms with Crippen molar-refractivity contribution >= 4 is 17.3 Å². The molecule has 7 heteroatoms. The fourth-order valence-corrected chi connectivity index (χ4v) is 3.55. The number of hydrogen-bond acceptors (Lipinski definition) is 5. The molecular formula is C22H34N4O2S. The molecule has 2 rings (SSSR count). The molecule has 1 aromatic heterocycles. The maximum Gasteiger partial charge on any atom is 0.191 e. The van der Waals surface area contributed by atoms with Crippen molar-refractivity contribution in [2.24, 2.45) is 4.99 Å². The molecular weight excluding hydrogens is 384 g/mol. The fraction of sp³-hybridized carbons (Fsp3) is 0.545. The molecule has 0 atom stereocenters. The minimum absolute atomic E-state index is 0.482. The van der Waals surface area contributed by atoms with Gasteiger partial charge in [0, 0.05) is 43.5 Å². The van der Waals surface area contributed by atoms with Crippen molar-refractivity contribution in [3.8, 4) is 5.75 Å². The Labute approximate surface area is 178 Å². The average Bonchev–Trinajstić information content (AvgIpc) is 3.17. The molecule has 160 valence electrons. The number of rotatable bonds is 11. The number of thiazole rings is 1. The summed E-state index contributed by atoms with van der Waals surface area (Å²) in [6.45, 7) is 11.7. The van der Waals surface area contributed by atoms with Crippen LogP contribution in [-0.4, -0.2) is 44.4 Å². The predicted molar refractivity (Wildman–Crippen MR) is 121 cm³/mol. The lowest BCUT2D eigenvalue weighted by Gasteiger charge is -2.13. The molecule has 0 bridgehead atoms. The molecule has 2 N–H and O–H groups in total. The van der Waals surface area contributed by atoms with E-state index in [0.29, 0.717) is 25.7 Å². The van der Waals surface area contributed by atoms with Crippen molar-refractivity contribution in [2.45, 2.75) is 46.6 Å². The molecule has 1 aromatic carbocycles. The summed E-state index contributed by atoms with van der Waals surface area (Å²) >= 11 is 1.74. The zero-order valence-electron chi connectivity index (χ0n) is 18.2. The summed E-state index contributed by atoms with van der Waals surface area (Å²) in [6.07, 6.45) is 0.879. The summed E-state index contributed by atoms with van der Waals surface area (Å²) < 4.78 is 11.0. The Kier molecular flexibility index (Phi) is 9.94. The molecule has 0 aliphatic heterocycles. The first-order valence-corrected chi connectivity index (χ1v) is 11.1. The van der Waals surface area contributed by atoms with E-state index in [1.165, 1.54) is 10.6 Å². The molecule has 0 saturated heterocycles. The summed E-state index contributed by atoms with van der Waals surface area (Å²) in [7, 11) is 1.68. The molecule has 0 aliphatic rings. The highest BCUT2D eigenvalue weighted by Gasteiger charge is 2.07. The minimum atomic E-state index is 0.482. The van der Waals surface area contributed by atoms with Gasteiger partial charge in [0.2, 0.25) is 0 Å². The predicted octanol–water partition coefficient (Wildman–Crippen LogP) is 3.90. The van der Waals surface area contributed by atoms with Crippen molar-refractivity contribution in [3.63, 3.8) is 0 Å². The Hall–Kier alpha value is -2.12. The molecule has 0 saturated carbocycles. The molecule has 0 fully saturated rings. The van der Waals surface area contributed by atoms with E-state index in [0.717, 1.165) is 42.5 Å². The lowest BCUT2D eigenvalue weighted by Crippen LogP contribution is -2.38. The number of nitrogens with one attached hydrogen (secondary N) is 2. The van der Waals surface area contributed by atoms with E-state index in [2.05, 4.69) is 61.9 Å². The van der Waals surface area contributed by atoms with Gasteiger partial charge in [0.1, 0.15) is 12.4 Å². The highest BCUT2D eigenvalue weighted by molar-refractivity contribution is 7.09.